The Balaban J connectivity index is 0.000000798. The minimum atomic E-state index is -5.14. The van der Waals surface area contributed by atoms with Crippen LogP contribution in [0.5, 0.6) is 0 Å². The fourth-order valence-corrected chi connectivity index (χ4v) is 7.38. The molecule has 0 saturated heterocycles. The molecule has 3 fully saturated rings. The molecule has 0 spiro atoms. The summed E-state index contributed by atoms with van der Waals surface area (Å²) >= 11 is 0. The molecule has 13 heteroatoms. The van der Waals surface area contributed by atoms with Gasteiger partial charge in [-0.15, -0.1) is 0 Å². The number of halogens is 1. The van der Waals surface area contributed by atoms with Gasteiger partial charge in [0.25, 0.3) is 0 Å². The van der Waals surface area contributed by atoms with Gasteiger partial charge in [-0.1, -0.05) is 26.8 Å². The minimum absolute atomic E-state index is 0. The van der Waals surface area contributed by atoms with Crippen LogP contribution >= 0.6 is 7.82 Å². The number of allylic oxidation sites excluding steroid dienone is 4. The Morgan fingerprint density at radius 1 is 1.26 bits per heavy atom. The van der Waals surface area contributed by atoms with Gasteiger partial charge in [-0.2, -0.15) is 0 Å². The normalized spacial score (nSPS) is 43.7. The number of Topliss-reactive ketones (excluding diaryl/α,β-unsaturated/α-hetero) is 1. The minimum Gasteiger partial charge on any atom is -0.790 e. The molecule has 0 bridgehead atoms. The number of carbonyl (C=O) groups is 2. The number of aliphatic hydroxyl groups is 3. The first-order valence-electron chi connectivity index (χ1n) is 10.9. The summed E-state index contributed by atoms with van der Waals surface area (Å²) in [4.78, 5) is 48.7. The van der Waals surface area contributed by atoms with Crippen LogP contribution in [0.15, 0.2) is 23.8 Å². The van der Waals surface area contributed by atoms with Crippen LogP contribution in [0.2, 0.25) is 0 Å². The predicted octanol–water partition coefficient (Wildman–Crippen LogP) is -6.43. The van der Waals surface area contributed by atoms with Crippen molar-refractivity contribution in [2.24, 2.45) is 34.5 Å². The summed E-state index contributed by atoms with van der Waals surface area (Å²) in [6.45, 7) is 4.71. The SMILES string of the molecule is C[C@@H]1C[C@H]2[C@@H]3C[C@H](F)C4=CC(=O)C=C[C@]4(C)[C@H]3C(O)C[C@]2(C)[C@@]1(O)C(=O)CO.O=P([O-])([O-])O.[Na+].[Na+]. The Hall–Kier alpha value is 0.740. The first-order valence-corrected chi connectivity index (χ1v) is 12.4. The molecule has 186 valence electrons. The van der Waals surface area contributed by atoms with Gasteiger partial charge in [0.05, 0.1) is 13.9 Å². The number of alkyl halides is 1. The summed E-state index contributed by atoms with van der Waals surface area (Å²) in [7, 11) is -5.14. The molecule has 0 radical (unpaired) electrons. The number of phosphoric acid groups is 1. The number of carbonyl (C=O) groups excluding carboxylic acids is 2. The molecule has 3 saturated carbocycles. The van der Waals surface area contributed by atoms with Crippen LogP contribution in [0.4, 0.5) is 4.39 Å². The van der Waals surface area contributed by atoms with Gasteiger partial charge < -0.3 is 34.6 Å². The first kappa shape index (κ1) is 33.8. The van der Waals surface area contributed by atoms with Crippen LogP contribution in [0.3, 0.4) is 0 Å². The zero-order valence-electron chi connectivity index (χ0n) is 20.7. The maximum Gasteiger partial charge on any atom is 1.00 e. The Kier molecular flexibility index (Phi) is 11.1. The van der Waals surface area contributed by atoms with Gasteiger partial charge in [-0.05, 0) is 54.7 Å². The van der Waals surface area contributed by atoms with Crippen LogP contribution < -0.4 is 68.9 Å². The zero-order chi connectivity index (χ0) is 25.1. The van der Waals surface area contributed by atoms with Gasteiger partial charge in [-0.3, -0.25) is 9.59 Å². The van der Waals surface area contributed by atoms with Crippen molar-refractivity contribution < 1.29 is 108 Å². The molecule has 9 nitrogen and oxygen atoms in total. The maximum atomic E-state index is 15.2. The molecule has 4 rings (SSSR count). The second kappa shape index (κ2) is 11.5. The van der Waals surface area contributed by atoms with E-state index in [1.165, 1.54) is 12.2 Å². The average Bonchev–Trinajstić information content (AvgIpc) is 2.88. The zero-order valence-corrected chi connectivity index (χ0v) is 25.6. The maximum absolute atomic E-state index is 15.2. The third-order valence-electron chi connectivity index (χ3n) is 8.63. The van der Waals surface area contributed by atoms with E-state index in [4.69, 9.17) is 19.2 Å². The Morgan fingerprint density at radius 3 is 2.31 bits per heavy atom. The van der Waals surface area contributed by atoms with E-state index in [1.807, 2.05) is 6.92 Å². The molecule has 4 N–H and O–H groups in total. The predicted molar refractivity (Wildman–Crippen MR) is 110 cm³/mol. The number of aliphatic hydroxyl groups excluding tert-OH is 2. The van der Waals surface area contributed by atoms with Crippen molar-refractivity contribution >= 4 is 19.4 Å². The molecule has 0 aliphatic heterocycles. The Morgan fingerprint density at radius 2 is 1.80 bits per heavy atom. The molecule has 4 aliphatic rings. The standard InChI is InChI=1S/C22H29FO5.2Na.H3O4P/c1-11-6-14-13-8-16(23)15-7-12(25)4-5-20(15,2)19(13)17(26)9-21(14,3)22(11,28)18(27)10-24;;;1-5(2,3)4/h4-5,7,11,13-14,16-17,19,24,26,28H,6,8-10H2,1-3H3;;;(H3,1,2,3,4)/q;2*+1;/p-2/t11-,13+,14+,16+,17?,19-,20+,21+,22+;;;/m1.../s1. The fraction of sp³-hybridized carbons (Fsp3) is 0.727. The van der Waals surface area contributed by atoms with Gasteiger partial charge in [0.2, 0.25) is 0 Å². The van der Waals surface area contributed by atoms with E-state index >= 15 is 4.39 Å². The van der Waals surface area contributed by atoms with Crippen molar-refractivity contribution in [2.75, 3.05) is 6.61 Å². The second-order valence-electron chi connectivity index (χ2n) is 10.3. The summed E-state index contributed by atoms with van der Waals surface area (Å²) in [5.74, 6) is -1.92. The van der Waals surface area contributed by atoms with E-state index in [9.17, 15) is 24.9 Å². The Bertz CT molecular complexity index is 947. The summed E-state index contributed by atoms with van der Waals surface area (Å²) < 4.78 is 23.9. The fourth-order valence-electron chi connectivity index (χ4n) is 7.38. The van der Waals surface area contributed by atoms with Crippen molar-refractivity contribution in [2.45, 2.75) is 57.9 Å². The van der Waals surface area contributed by atoms with Crippen LogP contribution in [0.25, 0.3) is 0 Å². The molecule has 4 aliphatic carbocycles. The monoisotopic (exact) mass is 534 g/mol. The Labute approximate surface area is 248 Å². The molecule has 0 heterocycles. The molecule has 1 unspecified atom stereocenters. The molecular formula is C22H30FNa2O9P. The quantitative estimate of drug-likeness (QED) is 0.198. The van der Waals surface area contributed by atoms with E-state index in [0.29, 0.717) is 12.0 Å². The molecule has 0 aromatic carbocycles. The van der Waals surface area contributed by atoms with Gasteiger partial charge in [0.15, 0.2) is 11.6 Å². The van der Waals surface area contributed by atoms with E-state index in [1.54, 1.807) is 19.9 Å². The van der Waals surface area contributed by atoms with Gasteiger partial charge in [0, 0.05) is 16.7 Å². The average molecular weight is 534 g/mol. The van der Waals surface area contributed by atoms with Crippen LogP contribution in [-0.2, 0) is 14.2 Å². The second-order valence-corrected chi connectivity index (χ2v) is 11.2. The van der Waals surface area contributed by atoms with Crippen molar-refractivity contribution in [3.63, 3.8) is 0 Å². The molecule has 9 atom stereocenters. The number of hydrogen-bond acceptors (Lipinski definition) is 8. The molecule has 0 amide bonds. The number of hydrogen-bond donors (Lipinski definition) is 4. The summed E-state index contributed by atoms with van der Waals surface area (Å²) in [5.41, 5.74) is -3.00. The van der Waals surface area contributed by atoms with Crippen molar-refractivity contribution in [1.29, 1.82) is 0 Å². The van der Waals surface area contributed by atoms with Crippen molar-refractivity contribution in [1.82, 2.24) is 0 Å². The third-order valence-corrected chi connectivity index (χ3v) is 8.63. The molecule has 35 heavy (non-hydrogen) atoms. The van der Waals surface area contributed by atoms with E-state index in [2.05, 4.69) is 0 Å². The van der Waals surface area contributed by atoms with Crippen LogP contribution in [-0.4, -0.2) is 56.3 Å². The van der Waals surface area contributed by atoms with Crippen LogP contribution in [0, 0.1) is 34.5 Å². The number of ketones is 2. The van der Waals surface area contributed by atoms with Gasteiger partial charge in [-0.25, -0.2) is 4.39 Å². The largest absolute Gasteiger partial charge is 1.00 e. The summed E-state index contributed by atoms with van der Waals surface area (Å²) in [5, 5.41) is 32.1. The number of rotatable bonds is 2. The van der Waals surface area contributed by atoms with Crippen LogP contribution in [0.1, 0.15) is 40.0 Å². The van der Waals surface area contributed by atoms with Crippen molar-refractivity contribution in [3.05, 3.63) is 23.8 Å². The summed E-state index contributed by atoms with van der Waals surface area (Å²) in [6, 6.07) is 0. The molecular weight excluding hydrogens is 504 g/mol. The first-order chi connectivity index (χ1) is 15.0. The van der Waals surface area contributed by atoms with E-state index < -0.39 is 48.9 Å². The molecule has 0 aromatic heterocycles. The smallest absolute Gasteiger partial charge is 0.790 e. The summed E-state index contributed by atoms with van der Waals surface area (Å²) in [6.07, 6.45) is 3.29. The topological polar surface area (TPSA) is 178 Å². The van der Waals surface area contributed by atoms with E-state index in [-0.39, 0.29) is 101 Å². The van der Waals surface area contributed by atoms with Crippen molar-refractivity contribution in [3.8, 4) is 0 Å². The van der Waals surface area contributed by atoms with Gasteiger partial charge >= 0.3 is 59.1 Å². The van der Waals surface area contributed by atoms with E-state index in [0.717, 1.165) is 0 Å². The number of fused-ring (bicyclic) bond motifs is 5. The van der Waals surface area contributed by atoms with Gasteiger partial charge in [0.1, 0.15) is 18.4 Å². The third kappa shape index (κ3) is 5.71. The molecule has 0 aromatic rings.